The number of allylic oxidation sites excluding steroid dienone is 6. The number of benzene rings is 6. The maximum atomic E-state index is 14.3. The van der Waals surface area contributed by atoms with E-state index in [0.29, 0.717) is 34.5 Å². The van der Waals surface area contributed by atoms with Crippen molar-refractivity contribution < 1.29 is 13.2 Å². The van der Waals surface area contributed by atoms with Crippen LogP contribution in [0.15, 0.2) is 157 Å². The number of rotatable bonds is 4. The molecule has 0 radical (unpaired) electrons. The maximum Gasteiger partial charge on any atom is 0.416 e. The molecule has 2 aliphatic rings. The van der Waals surface area contributed by atoms with Crippen molar-refractivity contribution in [2.75, 3.05) is 0 Å². The third-order valence-corrected chi connectivity index (χ3v) is 11.6. The number of nitrogens with zero attached hydrogens (tertiary/aromatic N) is 3. The number of alkyl halides is 3. The van der Waals surface area contributed by atoms with E-state index < -0.39 is 11.7 Å². The van der Waals surface area contributed by atoms with E-state index in [0.717, 1.165) is 78.0 Å². The van der Waals surface area contributed by atoms with Gasteiger partial charge in [0.2, 0.25) is 0 Å². The van der Waals surface area contributed by atoms with Gasteiger partial charge in [-0.1, -0.05) is 120 Å². The summed E-state index contributed by atoms with van der Waals surface area (Å²) in [5.74, 6) is 0. The molecule has 2 aliphatic carbocycles. The van der Waals surface area contributed by atoms with Crippen molar-refractivity contribution in [3.63, 3.8) is 0 Å². The molecule has 2 heterocycles. The van der Waals surface area contributed by atoms with Gasteiger partial charge in [-0.2, -0.15) is 18.4 Å². The van der Waals surface area contributed by atoms with Gasteiger partial charge in [0.05, 0.1) is 38.8 Å². The summed E-state index contributed by atoms with van der Waals surface area (Å²) in [6.07, 6.45) is 9.74. The highest BCUT2D eigenvalue weighted by Crippen LogP contribution is 2.40. The van der Waals surface area contributed by atoms with Crippen molar-refractivity contribution in [3.05, 3.63) is 190 Å². The molecule has 10 rings (SSSR count). The van der Waals surface area contributed by atoms with E-state index in [-0.39, 0.29) is 0 Å². The number of fused-ring (bicyclic) bond motifs is 6. The minimum atomic E-state index is -4.53. The molecule has 6 aromatic carbocycles. The lowest BCUT2D eigenvalue weighted by Crippen LogP contribution is -2.20. The summed E-state index contributed by atoms with van der Waals surface area (Å²) in [5.41, 5.74) is 11.3. The van der Waals surface area contributed by atoms with Gasteiger partial charge < -0.3 is 9.13 Å². The van der Waals surface area contributed by atoms with Gasteiger partial charge in [-0.3, -0.25) is 0 Å². The molecule has 0 bridgehead atoms. The molecule has 0 aliphatic heterocycles. The lowest BCUT2D eigenvalue weighted by molar-refractivity contribution is -0.137. The van der Waals surface area contributed by atoms with Crippen molar-refractivity contribution in [1.29, 1.82) is 5.26 Å². The number of nitriles is 1. The number of aryl methyl sites for hydroxylation is 1. The highest BCUT2D eigenvalue weighted by molar-refractivity contribution is 6.10. The molecule has 0 spiro atoms. The predicted octanol–water partition coefficient (Wildman–Crippen LogP) is 12.2. The Balaban J connectivity index is 1.35. The third-order valence-electron chi connectivity index (χ3n) is 11.6. The fraction of sp³-hybridized carbons (Fsp3) is 0.0962. The zero-order valence-electron chi connectivity index (χ0n) is 31.9. The number of para-hydroxylation sites is 1. The molecule has 0 saturated carbocycles. The van der Waals surface area contributed by atoms with Crippen molar-refractivity contribution in [2.24, 2.45) is 0 Å². The lowest BCUT2D eigenvalue weighted by atomic mass is 9.98. The predicted molar refractivity (Wildman–Crippen MR) is 230 cm³/mol. The van der Waals surface area contributed by atoms with E-state index in [4.69, 9.17) is 0 Å². The van der Waals surface area contributed by atoms with E-state index in [1.807, 2.05) is 42.5 Å². The van der Waals surface area contributed by atoms with Gasteiger partial charge in [-0.25, -0.2) is 0 Å². The Morgan fingerprint density at radius 2 is 1.34 bits per heavy atom. The molecular formula is C52H36F3N3. The van der Waals surface area contributed by atoms with Crippen molar-refractivity contribution in [3.8, 4) is 39.7 Å². The first-order valence-corrected chi connectivity index (χ1v) is 19.4. The van der Waals surface area contributed by atoms with Crippen molar-refractivity contribution in [1.82, 2.24) is 9.13 Å². The smallest absolute Gasteiger partial charge is 0.308 e. The minimum Gasteiger partial charge on any atom is -0.308 e. The molecular weight excluding hydrogens is 724 g/mol. The van der Waals surface area contributed by atoms with Crippen LogP contribution in [0, 0.1) is 18.3 Å². The Morgan fingerprint density at radius 1 is 0.621 bits per heavy atom. The third kappa shape index (κ3) is 5.82. The SMILES string of the molecule is CC1=CC(=c2ccc3c4c(n(-c5cc(-c6cccc(C(F)(F)F)c6)cc(-n6c7ccccc7c7ccc(-c8cccc(C)c8)cc76)c5C#N)c3c2)=CC=CC4)CC=C1. The quantitative estimate of drug-likeness (QED) is 0.176. The molecule has 280 valence electrons. The van der Waals surface area contributed by atoms with E-state index in [1.54, 1.807) is 6.07 Å². The molecule has 6 heteroatoms. The molecule has 0 amide bonds. The van der Waals surface area contributed by atoms with E-state index >= 15 is 0 Å². The zero-order chi connectivity index (χ0) is 39.7. The van der Waals surface area contributed by atoms with Crippen molar-refractivity contribution >= 4 is 44.4 Å². The van der Waals surface area contributed by atoms with Crippen LogP contribution in [-0.2, 0) is 12.6 Å². The standard InChI is InChI=1S/C52H36F3N3/c1-32-10-7-12-34(24-32)37-20-22-43-41-16-3-5-18-46(41)57(48(43)27-37)50-29-39(36-14-9-15-40(26-36)52(53,54)55)30-51(45(50)31-56)58-47-19-6-4-17-42(47)44-23-21-38(28-49(44)58)35-13-8-11-33(2)25-35/h3-12,14-16,18-30H,13,17H2,1-2H3. The van der Waals surface area contributed by atoms with Gasteiger partial charge in [0.15, 0.2) is 0 Å². The second kappa shape index (κ2) is 13.5. The van der Waals surface area contributed by atoms with E-state index in [9.17, 15) is 18.4 Å². The maximum absolute atomic E-state index is 14.3. The summed E-state index contributed by atoms with van der Waals surface area (Å²) in [4.78, 5) is 0. The number of hydrogen-bond acceptors (Lipinski definition) is 1. The van der Waals surface area contributed by atoms with Crippen LogP contribution in [0.4, 0.5) is 13.2 Å². The summed E-state index contributed by atoms with van der Waals surface area (Å²) in [6, 6.07) is 41.3. The average molecular weight is 760 g/mol. The number of halogens is 3. The van der Waals surface area contributed by atoms with Crippen LogP contribution in [-0.4, -0.2) is 9.13 Å². The Bertz CT molecular complexity index is 3300. The van der Waals surface area contributed by atoms with Gasteiger partial charge in [-0.05, 0) is 114 Å². The average Bonchev–Trinajstić information content (AvgIpc) is 3.75. The van der Waals surface area contributed by atoms with Gasteiger partial charge in [-0.15, -0.1) is 0 Å². The zero-order valence-corrected chi connectivity index (χ0v) is 31.9. The highest BCUT2D eigenvalue weighted by atomic mass is 19.4. The molecule has 0 unspecified atom stereocenters. The number of hydrogen-bond donors (Lipinski definition) is 0. The van der Waals surface area contributed by atoms with Crippen LogP contribution in [0.5, 0.6) is 0 Å². The fourth-order valence-electron chi connectivity index (χ4n) is 8.88. The van der Waals surface area contributed by atoms with Gasteiger partial charge in [0.25, 0.3) is 0 Å². The Kier molecular flexibility index (Phi) is 8.24. The van der Waals surface area contributed by atoms with Crippen LogP contribution in [0.1, 0.15) is 35.6 Å². The summed E-state index contributed by atoms with van der Waals surface area (Å²) in [7, 11) is 0. The molecule has 2 aromatic heterocycles. The molecule has 0 fully saturated rings. The Morgan fingerprint density at radius 3 is 2.14 bits per heavy atom. The van der Waals surface area contributed by atoms with Gasteiger partial charge in [0.1, 0.15) is 11.6 Å². The molecule has 58 heavy (non-hydrogen) atoms. The monoisotopic (exact) mass is 759 g/mol. The topological polar surface area (TPSA) is 33.6 Å². The first-order valence-electron chi connectivity index (χ1n) is 19.4. The molecule has 0 N–H and O–H groups in total. The van der Waals surface area contributed by atoms with E-state index in [2.05, 4.69) is 120 Å². The summed E-state index contributed by atoms with van der Waals surface area (Å²) in [5, 5.41) is 16.5. The van der Waals surface area contributed by atoms with Crippen LogP contribution in [0.25, 0.3) is 78.0 Å². The minimum absolute atomic E-state index is 0.406. The van der Waals surface area contributed by atoms with E-state index in [1.165, 1.54) is 23.3 Å². The molecule has 8 aromatic rings. The molecule has 3 nitrogen and oxygen atoms in total. The largest absolute Gasteiger partial charge is 0.416 e. The highest BCUT2D eigenvalue weighted by Gasteiger charge is 2.31. The summed E-state index contributed by atoms with van der Waals surface area (Å²) < 4.78 is 47.1. The lowest BCUT2D eigenvalue weighted by Gasteiger charge is -2.19. The molecule has 0 saturated heterocycles. The Hall–Kier alpha value is -7.10. The molecule has 0 atom stereocenters. The Labute approximate surface area is 333 Å². The second-order valence-corrected chi connectivity index (χ2v) is 15.3. The van der Waals surface area contributed by atoms with Gasteiger partial charge >= 0.3 is 6.18 Å². The normalized spacial score (nSPS) is 14.8. The van der Waals surface area contributed by atoms with Crippen LogP contribution >= 0.6 is 0 Å². The first kappa shape index (κ1) is 35.3. The van der Waals surface area contributed by atoms with Crippen LogP contribution < -0.4 is 10.6 Å². The number of aromatic nitrogens is 2. The van der Waals surface area contributed by atoms with Crippen LogP contribution in [0.2, 0.25) is 0 Å². The summed E-state index contributed by atoms with van der Waals surface area (Å²) >= 11 is 0. The first-order chi connectivity index (χ1) is 28.2. The van der Waals surface area contributed by atoms with Crippen LogP contribution in [0.3, 0.4) is 0 Å². The summed E-state index contributed by atoms with van der Waals surface area (Å²) in [6.45, 7) is 4.16. The van der Waals surface area contributed by atoms with Crippen molar-refractivity contribution in [2.45, 2.75) is 32.9 Å². The van der Waals surface area contributed by atoms with Gasteiger partial charge in [0, 0.05) is 16.2 Å². The second-order valence-electron chi connectivity index (χ2n) is 15.3. The fourth-order valence-corrected chi connectivity index (χ4v) is 8.88.